The molecule has 0 bridgehead atoms. The van der Waals surface area contributed by atoms with Crippen molar-refractivity contribution in [1.29, 1.82) is 0 Å². The topological polar surface area (TPSA) is 51.2 Å². The minimum atomic E-state index is -0.232. The first-order chi connectivity index (χ1) is 9.17. The minimum absolute atomic E-state index is 0.232. The highest BCUT2D eigenvalue weighted by Gasteiger charge is 2.08. The number of nitrogens with one attached hydrogen (secondary N) is 1. The zero-order valence-electron chi connectivity index (χ0n) is 10.4. The average Bonchev–Trinajstić information content (AvgIpc) is 2.80. The van der Waals surface area contributed by atoms with Gasteiger partial charge in [-0.25, -0.2) is 4.98 Å². The van der Waals surface area contributed by atoms with Crippen LogP contribution in [-0.4, -0.2) is 17.6 Å². The summed E-state index contributed by atoms with van der Waals surface area (Å²) in [4.78, 5) is 16.4. The number of carbonyl (C=O) groups is 1. The number of carbonyl (C=O) groups excluding carboxylic acids is 1. The van der Waals surface area contributed by atoms with Crippen LogP contribution in [0.5, 0.6) is 0 Å². The van der Waals surface area contributed by atoms with E-state index in [2.05, 4.69) is 10.3 Å². The maximum Gasteiger partial charge on any atom is 0.311 e. The summed E-state index contributed by atoms with van der Waals surface area (Å²) in [6.45, 7) is 2.19. The standard InChI is InChI=1S/C13H13ClN2O2S/c1-2-18-12(17)7-11-8-15-13(19-11)16-10-5-3-9(14)4-6-10/h3-6,8H,2,7H2,1H3,(H,15,16). The van der Waals surface area contributed by atoms with Crippen LogP contribution < -0.4 is 5.32 Å². The van der Waals surface area contributed by atoms with Crippen LogP contribution in [0.25, 0.3) is 0 Å². The monoisotopic (exact) mass is 296 g/mol. The molecule has 2 rings (SSSR count). The van der Waals surface area contributed by atoms with Crippen molar-refractivity contribution in [2.75, 3.05) is 11.9 Å². The van der Waals surface area contributed by atoms with Gasteiger partial charge in [0.15, 0.2) is 5.13 Å². The largest absolute Gasteiger partial charge is 0.466 e. The molecule has 0 aliphatic heterocycles. The lowest BCUT2D eigenvalue weighted by Gasteiger charge is -2.01. The summed E-state index contributed by atoms with van der Waals surface area (Å²) in [5.74, 6) is -0.232. The number of nitrogens with zero attached hydrogens (tertiary/aromatic N) is 1. The predicted molar refractivity (Wildman–Crippen MR) is 77.2 cm³/mol. The Kier molecular flexibility index (Phi) is 4.76. The van der Waals surface area contributed by atoms with E-state index in [9.17, 15) is 4.79 Å². The van der Waals surface area contributed by atoms with E-state index < -0.39 is 0 Å². The Morgan fingerprint density at radius 3 is 2.84 bits per heavy atom. The highest BCUT2D eigenvalue weighted by Crippen LogP contribution is 2.24. The quantitative estimate of drug-likeness (QED) is 0.856. The summed E-state index contributed by atoms with van der Waals surface area (Å²) >= 11 is 7.24. The third-order valence-corrected chi connectivity index (χ3v) is 3.44. The second kappa shape index (κ2) is 6.54. The normalized spacial score (nSPS) is 10.2. The molecule has 0 spiro atoms. The first-order valence-electron chi connectivity index (χ1n) is 5.80. The lowest BCUT2D eigenvalue weighted by atomic mass is 10.3. The van der Waals surface area contributed by atoms with Crippen molar-refractivity contribution in [3.63, 3.8) is 0 Å². The number of aromatic nitrogens is 1. The summed E-state index contributed by atoms with van der Waals surface area (Å²) in [5.41, 5.74) is 0.904. The zero-order chi connectivity index (χ0) is 13.7. The van der Waals surface area contributed by atoms with E-state index in [1.807, 2.05) is 12.1 Å². The van der Waals surface area contributed by atoms with Gasteiger partial charge in [0.2, 0.25) is 0 Å². The van der Waals surface area contributed by atoms with Gasteiger partial charge in [-0.15, -0.1) is 11.3 Å². The van der Waals surface area contributed by atoms with Crippen molar-refractivity contribution in [1.82, 2.24) is 4.98 Å². The van der Waals surface area contributed by atoms with Gasteiger partial charge in [0.1, 0.15) is 0 Å². The van der Waals surface area contributed by atoms with Gasteiger partial charge in [0, 0.05) is 21.8 Å². The smallest absolute Gasteiger partial charge is 0.311 e. The molecule has 0 amide bonds. The van der Waals surface area contributed by atoms with E-state index in [1.54, 1.807) is 25.3 Å². The summed E-state index contributed by atoms with van der Waals surface area (Å²) in [5, 5.41) is 4.58. The van der Waals surface area contributed by atoms with Crippen molar-refractivity contribution >= 4 is 39.7 Å². The van der Waals surface area contributed by atoms with Crippen LogP contribution >= 0.6 is 22.9 Å². The Balaban J connectivity index is 1.97. The zero-order valence-corrected chi connectivity index (χ0v) is 11.9. The van der Waals surface area contributed by atoms with Crippen molar-refractivity contribution < 1.29 is 9.53 Å². The lowest BCUT2D eigenvalue weighted by Crippen LogP contribution is -2.06. The predicted octanol–water partition coefficient (Wildman–Crippen LogP) is 3.65. The summed E-state index contributed by atoms with van der Waals surface area (Å²) in [6.07, 6.45) is 1.94. The van der Waals surface area contributed by atoms with Crippen LogP contribution in [-0.2, 0) is 16.0 Å². The fourth-order valence-corrected chi connectivity index (χ4v) is 2.40. The van der Waals surface area contributed by atoms with Gasteiger partial charge in [-0.05, 0) is 31.2 Å². The molecular weight excluding hydrogens is 284 g/mol. The van der Waals surface area contributed by atoms with Gasteiger partial charge in [0.25, 0.3) is 0 Å². The number of anilines is 2. The molecule has 2 aromatic rings. The van der Waals surface area contributed by atoms with E-state index in [4.69, 9.17) is 16.3 Å². The van der Waals surface area contributed by atoms with E-state index in [0.717, 1.165) is 15.7 Å². The van der Waals surface area contributed by atoms with Crippen molar-refractivity contribution in [2.45, 2.75) is 13.3 Å². The van der Waals surface area contributed by atoms with E-state index in [0.29, 0.717) is 11.6 Å². The maximum atomic E-state index is 11.3. The number of ether oxygens (including phenoxy) is 1. The second-order valence-electron chi connectivity index (χ2n) is 3.75. The third-order valence-electron chi connectivity index (χ3n) is 2.27. The molecule has 0 aliphatic carbocycles. The Hall–Kier alpha value is -1.59. The van der Waals surface area contributed by atoms with Crippen LogP contribution in [0.4, 0.5) is 10.8 Å². The van der Waals surface area contributed by atoms with Crippen LogP contribution in [0, 0.1) is 0 Å². The summed E-state index contributed by atoms with van der Waals surface area (Å²) < 4.78 is 4.89. The lowest BCUT2D eigenvalue weighted by molar-refractivity contribution is -0.142. The molecule has 4 nitrogen and oxygen atoms in total. The highest BCUT2D eigenvalue weighted by atomic mass is 35.5. The molecule has 1 aromatic carbocycles. The Labute approximate surface area is 120 Å². The fraction of sp³-hybridized carbons (Fsp3) is 0.231. The molecule has 0 saturated carbocycles. The van der Waals surface area contributed by atoms with Crippen molar-refractivity contribution in [3.05, 3.63) is 40.4 Å². The molecule has 0 saturated heterocycles. The number of hydrogen-bond donors (Lipinski definition) is 1. The van der Waals surface area contributed by atoms with Crippen LogP contribution in [0.15, 0.2) is 30.5 Å². The molecule has 0 unspecified atom stereocenters. The average molecular weight is 297 g/mol. The second-order valence-corrected chi connectivity index (χ2v) is 5.30. The van der Waals surface area contributed by atoms with Crippen molar-refractivity contribution in [3.8, 4) is 0 Å². The SMILES string of the molecule is CCOC(=O)Cc1cnc(Nc2ccc(Cl)cc2)s1. The molecule has 1 aromatic heterocycles. The number of thiazole rings is 1. The van der Waals surface area contributed by atoms with Crippen LogP contribution in [0.2, 0.25) is 5.02 Å². The first kappa shape index (κ1) is 13.8. The molecule has 100 valence electrons. The molecule has 1 heterocycles. The molecule has 0 atom stereocenters. The Bertz CT molecular complexity index is 554. The number of hydrogen-bond acceptors (Lipinski definition) is 5. The number of rotatable bonds is 5. The molecule has 19 heavy (non-hydrogen) atoms. The maximum absolute atomic E-state index is 11.3. The van der Waals surface area contributed by atoms with Crippen molar-refractivity contribution in [2.24, 2.45) is 0 Å². The van der Waals surface area contributed by atoms with E-state index in [-0.39, 0.29) is 12.4 Å². The molecule has 0 radical (unpaired) electrons. The highest BCUT2D eigenvalue weighted by molar-refractivity contribution is 7.15. The van der Waals surface area contributed by atoms with Gasteiger partial charge in [-0.2, -0.15) is 0 Å². The summed E-state index contributed by atoms with van der Waals surface area (Å²) in [6, 6.07) is 7.34. The van der Waals surface area contributed by atoms with Gasteiger partial charge in [-0.1, -0.05) is 11.6 Å². The number of halogens is 1. The van der Waals surface area contributed by atoms with Gasteiger partial charge in [-0.3, -0.25) is 4.79 Å². The fourth-order valence-electron chi connectivity index (χ4n) is 1.46. The molecule has 1 N–H and O–H groups in total. The molecule has 0 fully saturated rings. The Morgan fingerprint density at radius 1 is 1.42 bits per heavy atom. The van der Waals surface area contributed by atoms with E-state index >= 15 is 0 Å². The molecular formula is C13H13ClN2O2S. The molecule has 6 heteroatoms. The first-order valence-corrected chi connectivity index (χ1v) is 6.99. The molecule has 0 aliphatic rings. The minimum Gasteiger partial charge on any atom is -0.466 e. The third kappa shape index (κ3) is 4.22. The van der Waals surface area contributed by atoms with Crippen LogP contribution in [0.3, 0.4) is 0 Å². The Morgan fingerprint density at radius 2 is 2.16 bits per heavy atom. The van der Waals surface area contributed by atoms with Gasteiger partial charge < -0.3 is 10.1 Å². The summed E-state index contributed by atoms with van der Waals surface area (Å²) in [7, 11) is 0. The number of esters is 1. The number of benzene rings is 1. The van der Waals surface area contributed by atoms with E-state index in [1.165, 1.54) is 11.3 Å². The van der Waals surface area contributed by atoms with Gasteiger partial charge in [0.05, 0.1) is 13.0 Å². The van der Waals surface area contributed by atoms with Gasteiger partial charge >= 0.3 is 5.97 Å². The van der Waals surface area contributed by atoms with Crippen LogP contribution in [0.1, 0.15) is 11.8 Å².